The molecule has 0 saturated heterocycles. The van der Waals surface area contributed by atoms with Crippen LogP contribution >= 0.6 is 0 Å². The Balaban J connectivity index is 1.97. The molecular formula is C15H22N4O2. The highest BCUT2D eigenvalue weighted by atomic mass is 16.3. The molecule has 6 heteroatoms. The van der Waals surface area contributed by atoms with Crippen LogP contribution < -0.4 is 0 Å². The van der Waals surface area contributed by atoms with E-state index in [0.29, 0.717) is 30.5 Å². The minimum atomic E-state index is -0.426. The largest absolute Gasteiger partial charge is 0.440 e. The lowest BCUT2D eigenvalue weighted by molar-refractivity contribution is 0.145. The second-order valence-electron chi connectivity index (χ2n) is 5.79. The summed E-state index contributed by atoms with van der Waals surface area (Å²) in [5.74, 6) is 2.64. The number of nitrogens with zero attached hydrogens (tertiary/aromatic N) is 4. The van der Waals surface area contributed by atoms with Crippen molar-refractivity contribution in [3.05, 3.63) is 17.9 Å². The molecule has 3 rings (SSSR count). The fourth-order valence-electron chi connectivity index (χ4n) is 2.86. The van der Waals surface area contributed by atoms with Crippen molar-refractivity contribution >= 4 is 0 Å². The molecule has 0 unspecified atom stereocenters. The van der Waals surface area contributed by atoms with E-state index < -0.39 is 6.10 Å². The Bertz CT molecular complexity index is 599. The number of hydrogen-bond acceptors (Lipinski definition) is 5. The van der Waals surface area contributed by atoms with Crippen molar-refractivity contribution in [3.63, 3.8) is 0 Å². The van der Waals surface area contributed by atoms with E-state index >= 15 is 0 Å². The molecule has 2 aromatic rings. The molecule has 6 nitrogen and oxygen atoms in total. The lowest BCUT2D eigenvalue weighted by atomic mass is 10.1. The number of oxazole rings is 1. The molecule has 0 aliphatic heterocycles. The lowest BCUT2D eigenvalue weighted by Gasteiger charge is -2.09. The Hall–Kier alpha value is -1.69. The highest BCUT2D eigenvalue weighted by Crippen LogP contribution is 2.33. The van der Waals surface area contributed by atoms with E-state index in [1.807, 2.05) is 13.8 Å². The van der Waals surface area contributed by atoms with E-state index in [2.05, 4.69) is 15.1 Å². The summed E-state index contributed by atoms with van der Waals surface area (Å²) in [7, 11) is 0. The van der Waals surface area contributed by atoms with Gasteiger partial charge in [0.05, 0.1) is 18.3 Å². The highest BCUT2D eigenvalue weighted by Gasteiger charge is 2.25. The highest BCUT2D eigenvalue weighted by molar-refractivity contribution is 5.49. The number of aromatic nitrogens is 4. The molecule has 21 heavy (non-hydrogen) atoms. The van der Waals surface area contributed by atoms with Crippen LogP contribution in [0.5, 0.6) is 0 Å². The van der Waals surface area contributed by atoms with Gasteiger partial charge in [-0.05, 0) is 26.2 Å². The summed E-state index contributed by atoms with van der Waals surface area (Å²) >= 11 is 0. The van der Waals surface area contributed by atoms with E-state index in [9.17, 15) is 5.11 Å². The van der Waals surface area contributed by atoms with Gasteiger partial charge < -0.3 is 9.52 Å². The van der Waals surface area contributed by atoms with Gasteiger partial charge in [-0.15, -0.1) is 0 Å². The van der Waals surface area contributed by atoms with Gasteiger partial charge in [-0.2, -0.15) is 5.10 Å². The van der Waals surface area contributed by atoms with E-state index in [1.165, 1.54) is 19.2 Å². The number of hydrogen-bond donors (Lipinski definition) is 1. The van der Waals surface area contributed by atoms with Gasteiger partial charge in [0.15, 0.2) is 23.8 Å². The van der Waals surface area contributed by atoms with Gasteiger partial charge in [-0.1, -0.05) is 19.8 Å². The Kier molecular flexibility index (Phi) is 4.05. The van der Waals surface area contributed by atoms with E-state index in [0.717, 1.165) is 24.4 Å². The SMILES string of the molecule is CC[C@@H](O)Cn1nc(C2CCCC2)nc1-c1ocnc1C. The Morgan fingerprint density at radius 3 is 2.81 bits per heavy atom. The van der Waals surface area contributed by atoms with Crippen molar-refractivity contribution in [3.8, 4) is 11.6 Å². The van der Waals surface area contributed by atoms with Crippen LogP contribution in [0.3, 0.4) is 0 Å². The molecule has 0 radical (unpaired) electrons. The summed E-state index contributed by atoms with van der Waals surface area (Å²) < 4.78 is 7.24. The third kappa shape index (κ3) is 2.85. The van der Waals surface area contributed by atoms with Crippen LogP contribution in [0.25, 0.3) is 11.6 Å². The zero-order valence-electron chi connectivity index (χ0n) is 12.6. The Labute approximate surface area is 124 Å². The second-order valence-corrected chi connectivity index (χ2v) is 5.79. The average Bonchev–Trinajstić information content (AvgIpc) is 3.18. The van der Waals surface area contributed by atoms with Gasteiger partial charge >= 0.3 is 0 Å². The maximum atomic E-state index is 9.94. The van der Waals surface area contributed by atoms with Crippen LogP contribution in [0.4, 0.5) is 0 Å². The first-order valence-electron chi connectivity index (χ1n) is 7.72. The molecule has 1 fully saturated rings. The van der Waals surface area contributed by atoms with Crippen molar-refractivity contribution in [2.45, 2.75) is 64.5 Å². The summed E-state index contributed by atoms with van der Waals surface area (Å²) in [5.41, 5.74) is 0.799. The molecule has 2 heterocycles. The fourth-order valence-corrected chi connectivity index (χ4v) is 2.86. The predicted molar refractivity (Wildman–Crippen MR) is 77.8 cm³/mol. The predicted octanol–water partition coefficient (Wildman–Crippen LogP) is 2.67. The van der Waals surface area contributed by atoms with Crippen LogP contribution in [0.2, 0.25) is 0 Å². The zero-order valence-corrected chi connectivity index (χ0v) is 12.6. The topological polar surface area (TPSA) is 77.0 Å². The van der Waals surface area contributed by atoms with E-state index in [-0.39, 0.29) is 0 Å². The molecule has 114 valence electrons. The first-order valence-corrected chi connectivity index (χ1v) is 7.72. The monoisotopic (exact) mass is 290 g/mol. The standard InChI is InChI=1S/C15H22N4O2/c1-3-12(20)8-19-15(13-10(2)16-9-21-13)17-14(18-19)11-6-4-5-7-11/h9,11-12,20H,3-8H2,1-2H3/t12-/m1/s1. The molecule has 0 bridgehead atoms. The number of aliphatic hydroxyl groups excluding tert-OH is 1. The lowest BCUT2D eigenvalue weighted by Crippen LogP contribution is -2.17. The van der Waals surface area contributed by atoms with Crippen LogP contribution in [-0.2, 0) is 6.54 Å². The van der Waals surface area contributed by atoms with Gasteiger partial charge in [0.2, 0.25) is 0 Å². The van der Waals surface area contributed by atoms with Crippen LogP contribution in [0.1, 0.15) is 56.5 Å². The van der Waals surface area contributed by atoms with E-state index in [4.69, 9.17) is 4.42 Å². The molecule has 1 N–H and O–H groups in total. The molecular weight excluding hydrogens is 268 g/mol. The maximum Gasteiger partial charge on any atom is 0.196 e. The molecule has 1 saturated carbocycles. The minimum absolute atomic E-state index is 0.426. The van der Waals surface area contributed by atoms with Crippen molar-refractivity contribution in [2.24, 2.45) is 0 Å². The normalized spacial score (nSPS) is 17.5. The van der Waals surface area contributed by atoms with Crippen LogP contribution in [-0.4, -0.2) is 31.0 Å². The molecule has 1 aliphatic carbocycles. The summed E-state index contributed by atoms with van der Waals surface area (Å²) in [6, 6.07) is 0. The fraction of sp³-hybridized carbons (Fsp3) is 0.667. The van der Waals surface area contributed by atoms with E-state index in [1.54, 1.807) is 4.68 Å². The smallest absolute Gasteiger partial charge is 0.196 e. The minimum Gasteiger partial charge on any atom is -0.440 e. The summed E-state index contributed by atoms with van der Waals surface area (Å²) in [4.78, 5) is 8.82. The van der Waals surface area contributed by atoms with Gasteiger partial charge in [0.1, 0.15) is 0 Å². The quantitative estimate of drug-likeness (QED) is 0.916. The molecule has 0 spiro atoms. The third-order valence-electron chi connectivity index (χ3n) is 4.21. The van der Waals surface area contributed by atoms with Gasteiger partial charge in [0.25, 0.3) is 0 Å². The van der Waals surface area contributed by atoms with Gasteiger partial charge in [-0.25, -0.2) is 14.6 Å². The molecule has 0 aromatic carbocycles. The first kappa shape index (κ1) is 14.3. The van der Waals surface area contributed by atoms with Crippen LogP contribution in [0, 0.1) is 6.92 Å². The van der Waals surface area contributed by atoms with Crippen molar-refractivity contribution in [1.82, 2.24) is 19.7 Å². The van der Waals surface area contributed by atoms with Crippen molar-refractivity contribution in [1.29, 1.82) is 0 Å². The summed E-state index contributed by atoms with van der Waals surface area (Å²) in [5, 5.41) is 14.6. The number of rotatable bonds is 5. The maximum absolute atomic E-state index is 9.94. The molecule has 0 amide bonds. The van der Waals surface area contributed by atoms with Crippen LogP contribution in [0.15, 0.2) is 10.8 Å². The second kappa shape index (κ2) is 5.97. The zero-order chi connectivity index (χ0) is 14.8. The van der Waals surface area contributed by atoms with Gasteiger partial charge in [-0.3, -0.25) is 0 Å². The first-order chi connectivity index (χ1) is 10.2. The third-order valence-corrected chi connectivity index (χ3v) is 4.21. The molecule has 1 aliphatic rings. The Morgan fingerprint density at radius 2 is 2.19 bits per heavy atom. The molecule has 2 aromatic heterocycles. The van der Waals surface area contributed by atoms with Crippen molar-refractivity contribution in [2.75, 3.05) is 0 Å². The van der Waals surface area contributed by atoms with Gasteiger partial charge in [0, 0.05) is 5.92 Å². The average molecular weight is 290 g/mol. The number of aliphatic hydroxyl groups is 1. The number of aryl methyl sites for hydroxylation is 1. The summed E-state index contributed by atoms with van der Waals surface area (Å²) in [6.07, 6.45) is 6.47. The summed E-state index contributed by atoms with van der Waals surface area (Å²) in [6.45, 7) is 4.29. The Morgan fingerprint density at radius 1 is 1.43 bits per heavy atom. The van der Waals surface area contributed by atoms with Crippen molar-refractivity contribution < 1.29 is 9.52 Å². The molecule has 1 atom stereocenters.